The molecule has 12 heavy (non-hydrogen) atoms. The largest absolute Gasteiger partial charge is 0.347 e. The highest BCUT2D eigenvalue weighted by atomic mass is 79.9. The lowest BCUT2D eigenvalue weighted by Gasteiger charge is -1.96. The molecule has 0 N–H and O–H groups in total. The maximum absolute atomic E-state index is 3.58. The van der Waals surface area contributed by atoms with Gasteiger partial charge in [0.15, 0.2) is 0 Å². The van der Waals surface area contributed by atoms with Crippen molar-refractivity contribution >= 4 is 26.8 Å². The SMILES string of the molecule is Cc1c(Br)c2ccccc2n1C. The van der Waals surface area contributed by atoms with E-state index >= 15 is 0 Å². The molecule has 1 heterocycles. The number of hydrogen-bond donors (Lipinski definition) is 0. The molecule has 1 nitrogen and oxygen atoms in total. The lowest BCUT2D eigenvalue weighted by atomic mass is 10.2. The third-order valence-corrected chi connectivity index (χ3v) is 3.32. The van der Waals surface area contributed by atoms with Gasteiger partial charge in [-0.05, 0) is 28.9 Å². The molecular formula is C10H10BrN. The third-order valence-electron chi connectivity index (χ3n) is 2.32. The minimum Gasteiger partial charge on any atom is -0.347 e. The molecule has 1 aromatic carbocycles. The van der Waals surface area contributed by atoms with Crippen molar-refractivity contribution in [1.29, 1.82) is 0 Å². The Bertz CT molecular complexity index is 390. The van der Waals surface area contributed by atoms with E-state index in [4.69, 9.17) is 0 Å². The fourth-order valence-electron chi connectivity index (χ4n) is 1.47. The topological polar surface area (TPSA) is 4.93 Å². The Balaban J connectivity index is 2.99. The fourth-order valence-corrected chi connectivity index (χ4v) is 2.08. The molecule has 0 fully saturated rings. The first kappa shape index (κ1) is 7.87. The monoisotopic (exact) mass is 223 g/mol. The first-order valence-corrected chi connectivity index (χ1v) is 4.70. The number of nitrogens with zero attached hydrogens (tertiary/aromatic N) is 1. The molecule has 2 heteroatoms. The van der Waals surface area contributed by atoms with E-state index in [-0.39, 0.29) is 0 Å². The zero-order valence-corrected chi connectivity index (χ0v) is 8.72. The summed E-state index contributed by atoms with van der Waals surface area (Å²) < 4.78 is 3.40. The van der Waals surface area contributed by atoms with Gasteiger partial charge in [0.2, 0.25) is 0 Å². The van der Waals surface area contributed by atoms with E-state index in [0.717, 1.165) is 0 Å². The number of hydrogen-bond acceptors (Lipinski definition) is 0. The zero-order chi connectivity index (χ0) is 8.72. The van der Waals surface area contributed by atoms with Gasteiger partial charge in [-0.2, -0.15) is 0 Å². The van der Waals surface area contributed by atoms with Crippen LogP contribution in [0.25, 0.3) is 10.9 Å². The zero-order valence-electron chi connectivity index (χ0n) is 7.13. The predicted molar refractivity (Wildman–Crippen MR) is 55.4 cm³/mol. The van der Waals surface area contributed by atoms with Gasteiger partial charge in [-0.1, -0.05) is 18.2 Å². The number of benzene rings is 1. The molecule has 62 valence electrons. The molecule has 0 saturated heterocycles. The Kier molecular flexibility index (Phi) is 1.72. The van der Waals surface area contributed by atoms with Crippen LogP contribution in [0.2, 0.25) is 0 Å². The van der Waals surface area contributed by atoms with Crippen LogP contribution in [0.1, 0.15) is 5.69 Å². The summed E-state index contributed by atoms with van der Waals surface area (Å²) in [6, 6.07) is 8.39. The highest BCUT2D eigenvalue weighted by Crippen LogP contribution is 2.28. The number of aromatic nitrogens is 1. The van der Waals surface area contributed by atoms with Gasteiger partial charge in [-0.25, -0.2) is 0 Å². The maximum Gasteiger partial charge on any atom is 0.0491 e. The molecule has 0 aliphatic carbocycles. The van der Waals surface area contributed by atoms with Crippen molar-refractivity contribution < 1.29 is 0 Å². The minimum atomic E-state index is 1.21. The van der Waals surface area contributed by atoms with Crippen LogP contribution in [0.15, 0.2) is 28.7 Å². The number of halogens is 1. The van der Waals surface area contributed by atoms with Crippen LogP contribution in [-0.2, 0) is 7.05 Å². The van der Waals surface area contributed by atoms with Crippen LogP contribution >= 0.6 is 15.9 Å². The van der Waals surface area contributed by atoms with Gasteiger partial charge in [0, 0.05) is 28.1 Å². The summed E-state index contributed by atoms with van der Waals surface area (Å²) >= 11 is 3.58. The van der Waals surface area contributed by atoms with Gasteiger partial charge < -0.3 is 4.57 Å². The van der Waals surface area contributed by atoms with Crippen molar-refractivity contribution in [2.75, 3.05) is 0 Å². The molecule has 1 aromatic heterocycles. The second kappa shape index (κ2) is 2.63. The highest BCUT2D eigenvalue weighted by molar-refractivity contribution is 9.10. The summed E-state index contributed by atoms with van der Waals surface area (Å²) in [7, 11) is 2.09. The molecule has 2 rings (SSSR count). The van der Waals surface area contributed by atoms with Crippen molar-refractivity contribution in [2.45, 2.75) is 6.92 Å². The molecule has 2 aromatic rings. The summed E-state index contributed by atoms with van der Waals surface area (Å²) in [5, 5.41) is 1.29. The van der Waals surface area contributed by atoms with E-state index in [0.29, 0.717) is 0 Å². The number of rotatable bonds is 0. The Labute approximate surface area is 80.1 Å². The van der Waals surface area contributed by atoms with E-state index < -0.39 is 0 Å². The van der Waals surface area contributed by atoms with Gasteiger partial charge in [-0.3, -0.25) is 0 Å². The summed E-state index contributed by atoms with van der Waals surface area (Å²) in [4.78, 5) is 0. The molecule has 0 unspecified atom stereocenters. The molecule has 0 spiro atoms. The van der Waals surface area contributed by atoms with Crippen LogP contribution < -0.4 is 0 Å². The Morgan fingerprint density at radius 1 is 1.25 bits per heavy atom. The van der Waals surface area contributed by atoms with Crippen molar-refractivity contribution in [3.63, 3.8) is 0 Å². The fraction of sp³-hybridized carbons (Fsp3) is 0.200. The second-order valence-electron chi connectivity index (χ2n) is 2.98. The Morgan fingerprint density at radius 3 is 2.58 bits per heavy atom. The van der Waals surface area contributed by atoms with Crippen LogP contribution in [0, 0.1) is 6.92 Å². The van der Waals surface area contributed by atoms with Gasteiger partial charge in [-0.15, -0.1) is 0 Å². The molecular weight excluding hydrogens is 214 g/mol. The number of para-hydroxylation sites is 1. The van der Waals surface area contributed by atoms with Crippen molar-refractivity contribution in [2.24, 2.45) is 7.05 Å². The normalized spacial score (nSPS) is 10.9. The third kappa shape index (κ3) is 0.911. The molecule has 0 aliphatic rings. The number of aryl methyl sites for hydroxylation is 1. The summed E-state index contributed by atoms with van der Waals surface area (Å²) in [6.07, 6.45) is 0. The van der Waals surface area contributed by atoms with Gasteiger partial charge in [0.05, 0.1) is 0 Å². The van der Waals surface area contributed by atoms with Gasteiger partial charge in [0.1, 0.15) is 0 Å². The van der Waals surface area contributed by atoms with E-state index in [1.54, 1.807) is 0 Å². The standard InChI is InChI=1S/C10H10BrN/c1-7-10(11)8-5-3-4-6-9(8)12(7)2/h3-6H,1-2H3. The van der Waals surface area contributed by atoms with E-state index in [9.17, 15) is 0 Å². The Hall–Kier alpha value is -0.760. The summed E-state index contributed by atoms with van der Waals surface area (Å²) in [5.41, 5.74) is 2.55. The van der Waals surface area contributed by atoms with Crippen LogP contribution in [0.3, 0.4) is 0 Å². The second-order valence-corrected chi connectivity index (χ2v) is 3.77. The van der Waals surface area contributed by atoms with Crippen molar-refractivity contribution in [3.05, 3.63) is 34.4 Å². The average molecular weight is 224 g/mol. The number of fused-ring (bicyclic) bond motifs is 1. The smallest absolute Gasteiger partial charge is 0.0491 e. The van der Waals surface area contributed by atoms with E-state index in [2.05, 4.69) is 58.7 Å². The molecule has 0 atom stereocenters. The Morgan fingerprint density at radius 2 is 1.92 bits per heavy atom. The highest BCUT2D eigenvalue weighted by Gasteiger charge is 2.06. The lowest BCUT2D eigenvalue weighted by molar-refractivity contribution is 0.914. The average Bonchev–Trinajstić information content (AvgIpc) is 2.33. The van der Waals surface area contributed by atoms with Crippen LogP contribution in [-0.4, -0.2) is 4.57 Å². The van der Waals surface area contributed by atoms with Crippen LogP contribution in [0.4, 0.5) is 0 Å². The summed E-state index contributed by atoms with van der Waals surface area (Å²) in [6.45, 7) is 2.12. The van der Waals surface area contributed by atoms with Crippen molar-refractivity contribution in [3.8, 4) is 0 Å². The molecule has 0 radical (unpaired) electrons. The molecule has 0 aliphatic heterocycles. The minimum absolute atomic E-state index is 1.21. The first-order chi connectivity index (χ1) is 5.72. The van der Waals surface area contributed by atoms with Crippen LogP contribution in [0.5, 0.6) is 0 Å². The van der Waals surface area contributed by atoms with Gasteiger partial charge in [0.25, 0.3) is 0 Å². The molecule has 0 amide bonds. The van der Waals surface area contributed by atoms with Gasteiger partial charge >= 0.3 is 0 Å². The van der Waals surface area contributed by atoms with Crippen molar-refractivity contribution in [1.82, 2.24) is 4.57 Å². The molecule has 0 bridgehead atoms. The maximum atomic E-state index is 3.58. The quantitative estimate of drug-likeness (QED) is 0.647. The predicted octanol–water partition coefficient (Wildman–Crippen LogP) is 3.25. The van der Waals surface area contributed by atoms with E-state index in [1.807, 2.05) is 0 Å². The summed E-state index contributed by atoms with van der Waals surface area (Å²) in [5.74, 6) is 0. The molecule has 0 saturated carbocycles. The first-order valence-electron chi connectivity index (χ1n) is 3.91. The van der Waals surface area contributed by atoms with E-state index in [1.165, 1.54) is 21.1 Å². The lowest BCUT2D eigenvalue weighted by Crippen LogP contribution is -1.88.